The molecule has 9 heteroatoms. The van der Waals surface area contributed by atoms with Gasteiger partial charge in [0.25, 0.3) is 0 Å². The van der Waals surface area contributed by atoms with Gasteiger partial charge in [-0.25, -0.2) is 9.78 Å². The molecule has 154 valence electrons. The lowest BCUT2D eigenvalue weighted by Crippen LogP contribution is -2.36. The van der Waals surface area contributed by atoms with Crippen LogP contribution in [0.3, 0.4) is 0 Å². The fraction of sp³-hybridized carbons (Fsp3) is 0.300. The summed E-state index contributed by atoms with van der Waals surface area (Å²) in [6.45, 7) is 0. The molecule has 0 aliphatic heterocycles. The van der Waals surface area contributed by atoms with Crippen LogP contribution in [0, 0.1) is 11.8 Å². The van der Waals surface area contributed by atoms with Crippen LogP contribution in [-0.2, 0) is 9.59 Å². The van der Waals surface area contributed by atoms with Crippen molar-refractivity contribution in [1.82, 2.24) is 4.98 Å². The monoisotopic (exact) mass is 419 g/mol. The molecule has 2 atom stereocenters. The lowest BCUT2D eigenvalue weighted by atomic mass is 9.79. The average molecular weight is 420 g/mol. The number of aromatic carboxylic acids is 1. The van der Waals surface area contributed by atoms with E-state index in [0.29, 0.717) is 24.3 Å². The van der Waals surface area contributed by atoms with Gasteiger partial charge in [-0.05, 0) is 43.2 Å². The Morgan fingerprint density at radius 2 is 1.76 bits per heavy atom. The molecule has 8 nitrogen and oxygen atoms in total. The number of hydrogen-bond donors (Lipinski definition) is 4. The van der Waals surface area contributed by atoms with Crippen LogP contribution in [0.25, 0.3) is 0 Å². The minimum Gasteiger partial charge on any atom is -0.481 e. The van der Waals surface area contributed by atoms with Gasteiger partial charge in [-0.3, -0.25) is 9.59 Å². The first-order chi connectivity index (χ1) is 13.8. The fourth-order valence-corrected chi connectivity index (χ4v) is 3.37. The van der Waals surface area contributed by atoms with E-state index in [1.54, 1.807) is 24.4 Å². The Balaban J connectivity index is 0.000000234. The smallest absolute Gasteiger partial charge is 0.337 e. The summed E-state index contributed by atoms with van der Waals surface area (Å²) in [4.78, 5) is 37.6. The van der Waals surface area contributed by atoms with Crippen LogP contribution >= 0.6 is 11.6 Å². The van der Waals surface area contributed by atoms with E-state index in [-0.39, 0.29) is 16.5 Å². The summed E-state index contributed by atoms with van der Waals surface area (Å²) >= 11 is 5.56. The summed E-state index contributed by atoms with van der Waals surface area (Å²) in [6.07, 6.45) is 4.59. The molecule has 1 aliphatic rings. The number of carbonyl (C=O) groups excluding carboxylic acids is 1. The molecule has 1 saturated carbocycles. The SMILES string of the molecule is Nc1ccc(C(=O)O)c(Cl)c1.O=C(Nc1ccccn1)[C@H]1CCCC[C@H]1C(=O)O. The highest BCUT2D eigenvalue weighted by molar-refractivity contribution is 6.33. The molecule has 1 aromatic carbocycles. The number of pyridine rings is 1. The van der Waals surface area contributed by atoms with Gasteiger partial charge >= 0.3 is 11.9 Å². The molecule has 0 bridgehead atoms. The zero-order valence-electron chi connectivity index (χ0n) is 15.5. The Kier molecular flexibility index (Phi) is 7.97. The topological polar surface area (TPSA) is 143 Å². The molecular formula is C20H22ClN3O5. The van der Waals surface area contributed by atoms with Crippen molar-refractivity contribution in [2.45, 2.75) is 25.7 Å². The van der Waals surface area contributed by atoms with Crippen LogP contribution in [0.4, 0.5) is 11.5 Å². The van der Waals surface area contributed by atoms with Gasteiger partial charge in [-0.2, -0.15) is 0 Å². The third-order valence-electron chi connectivity index (χ3n) is 4.56. The van der Waals surface area contributed by atoms with Crippen LogP contribution in [0.5, 0.6) is 0 Å². The van der Waals surface area contributed by atoms with E-state index in [9.17, 15) is 14.4 Å². The van der Waals surface area contributed by atoms with E-state index >= 15 is 0 Å². The van der Waals surface area contributed by atoms with Gasteiger partial charge < -0.3 is 21.3 Å². The number of benzene rings is 1. The number of amides is 1. The van der Waals surface area contributed by atoms with Crippen molar-refractivity contribution in [1.29, 1.82) is 0 Å². The minimum absolute atomic E-state index is 0.0702. The molecule has 3 rings (SSSR count). The van der Waals surface area contributed by atoms with Crippen molar-refractivity contribution in [3.63, 3.8) is 0 Å². The predicted octanol–water partition coefficient (Wildman–Crippen LogP) is 3.53. The number of carboxylic acid groups (broad SMARTS) is 2. The number of hydrogen-bond acceptors (Lipinski definition) is 5. The number of nitrogen functional groups attached to an aromatic ring is 1. The van der Waals surface area contributed by atoms with Gasteiger partial charge in [0.1, 0.15) is 5.82 Å². The van der Waals surface area contributed by atoms with Crippen LogP contribution in [-0.4, -0.2) is 33.0 Å². The molecule has 0 saturated heterocycles. The molecule has 5 N–H and O–H groups in total. The number of aromatic nitrogens is 1. The number of halogens is 1. The number of nitrogens with zero attached hydrogens (tertiary/aromatic N) is 1. The highest BCUT2D eigenvalue weighted by atomic mass is 35.5. The number of anilines is 2. The maximum atomic E-state index is 12.1. The third kappa shape index (κ3) is 6.46. The van der Waals surface area contributed by atoms with Crippen molar-refractivity contribution in [3.05, 3.63) is 53.2 Å². The normalized spacial score (nSPS) is 18.1. The first-order valence-electron chi connectivity index (χ1n) is 9.02. The summed E-state index contributed by atoms with van der Waals surface area (Å²) in [7, 11) is 0. The van der Waals surface area contributed by atoms with Gasteiger partial charge in [0.2, 0.25) is 5.91 Å². The van der Waals surface area contributed by atoms with Gasteiger partial charge in [-0.15, -0.1) is 0 Å². The molecule has 1 aliphatic carbocycles. The highest BCUT2D eigenvalue weighted by Crippen LogP contribution is 2.31. The van der Waals surface area contributed by atoms with E-state index in [0.717, 1.165) is 12.8 Å². The fourth-order valence-electron chi connectivity index (χ4n) is 3.10. The van der Waals surface area contributed by atoms with Gasteiger partial charge in [0.15, 0.2) is 0 Å². The summed E-state index contributed by atoms with van der Waals surface area (Å²) in [6, 6.07) is 9.51. The second kappa shape index (κ2) is 10.4. The van der Waals surface area contributed by atoms with Crippen molar-refractivity contribution in [2.24, 2.45) is 11.8 Å². The van der Waals surface area contributed by atoms with E-state index in [1.807, 2.05) is 0 Å². The van der Waals surface area contributed by atoms with Gasteiger partial charge in [0.05, 0.1) is 22.4 Å². The van der Waals surface area contributed by atoms with Crippen molar-refractivity contribution in [3.8, 4) is 0 Å². The lowest BCUT2D eigenvalue weighted by Gasteiger charge is -2.27. The number of nitrogens with two attached hydrogens (primary N) is 1. The number of rotatable bonds is 4. The number of carboxylic acids is 2. The number of carbonyl (C=O) groups is 3. The maximum Gasteiger partial charge on any atom is 0.337 e. The average Bonchev–Trinajstić information content (AvgIpc) is 2.69. The largest absolute Gasteiger partial charge is 0.481 e. The first kappa shape index (κ1) is 22.2. The molecule has 1 fully saturated rings. The van der Waals surface area contributed by atoms with Crippen LogP contribution in [0.2, 0.25) is 5.02 Å². The standard InChI is InChI=1S/C13H16N2O3.C7H6ClNO2/c16-12(15-11-7-3-4-8-14-11)9-5-1-2-6-10(9)13(17)18;8-6-3-4(9)1-2-5(6)7(10)11/h3-4,7-10H,1-2,5-6H2,(H,17,18)(H,14,15,16);1-3H,9H2,(H,10,11)/t9-,10+;/m0./s1. The quantitative estimate of drug-likeness (QED) is 0.555. The van der Waals surface area contributed by atoms with E-state index in [1.165, 1.54) is 18.2 Å². The Bertz CT molecular complexity index is 876. The Morgan fingerprint density at radius 3 is 2.31 bits per heavy atom. The molecule has 1 amide bonds. The van der Waals surface area contributed by atoms with E-state index in [4.69, 9.17) is 27.5 Å². The molecular weight excluding hydrogens is 398 g/mol. The minimum atomic E-state index is -1.05. The summed E-state index contributed by atoms with van der Waals surface area (Å²) in [5.41, 5.74) is 5.88. The molecule has 1 aromatic heterocycles. The van der Waals surface area contributed by atoms with E-state index < -0.39 is 23.8 Å². The number of aliphatic carboxylic acids is 1. The Hall–Kier alpha value is -3.13. The summed E-state index contributed by atoms with van der Waals surface area (Å²) < 4.78 is 0. The van der Waals surface area contributed by atoms with Crippen LogP contribution < -0.4 is 11.1 Å². The second-order valence-corrected chi connectivity index (χ2v) is 6.99. The molecule has 1 heterocycles. The molecule has 2 aromatic rings. The van der Waals surface area contributed by atoms with Crippen LogP contribution in [0.15, 0.2) is 42.6 Å². The van der Waals surface area contributed by atoms with Crippen LogP contribution in [0.1, 0.15) is 36.0 Å². The Morgan fingerprint density at radius 1 is 1.07 bits per heavy atom. The highest BCUT2D eigenvalue weighted by Gasteiger charge is 2.35. The van der Waals surface area contributed by atoms with Crippen molar-refractivity contribution >= 4 is 41.0 Å². The van der Waals surface area contributed by atoms with Gasteiger partial charge in [0, 0.05) is 11.9 Å². The molecule has 0 spiro atoms. The zero-order chi connectivity index (χ0) is 21.4. The summed E-state index contributed by atoms with van der Waals surface area (Å²) in [5, 5.41) is 20.5. The maximum absolute atomic E-state index is 12.1. The van der Waals surface area contributed by atoms with Crippen molar-refractivity contribution < 1.29 is 24.6 Å². The van der Waals surface area contributed by atoms with Gasteiger partial charge in [-0.1, -0.05) is 30.5 Å². The molecule has 0 unspecified atom stereocenters. The molecule has 0 radical (unpaired) electrons. The number of nitrogens with one attached hydrogen (secondary N) is 1. The Labute approximate surface area is 172 Å². The first-order valence-corrected chi connectivity index (χ1v) is 9.40. The third-order valence-corrected chi connectivity index (χ3v) is 4.87. The van der Waals surface area contributed by atoms with E-state index in [2.05, 4.69) is 10.3 Å². The zero-order valence-corrected chi connectivity index (χ0v) is 16.3. The molecule has 29 heavy (non-hydrogen) atoms. The predicted molar refractivity (Wildman–Crippen MR) is 109 cm³/mol. The second-order valence-electron chi connectivity index (χ2n) is 6.58. The van der Waals surface area contributed by atoms with Crippen molar-refractivity contribution in [2.75, 3.05) is 11.1 Å². The lowest BCUT2D eigenvalue weighted by molar-refractivity contribution is -0.147. The summed E-state index contributed by atoms with van der Waals surface area (Å²) in [5.74, 6) is -2.70.